The Labute approximate surface area is 125 Å². The summed E-state index contributed by atoms with van der Waals surface area (Å²) < 4.78 is 5.35. The van der Waals surface area contributed by atoms with Gasteiger partial charge in [-0.1, -0.05) is 18.2 Å². The standard InChI is InChI=1S/C12H20N4O.HI/c1-16(2)10(8-15-12(13)14)9-6-4-5-7-11(9)17-3;/h4-7,10H,8H2,1-3H3,(H4,13,14,15);1H. The van der Waals surface area contributed by atoms with Gasteiger partial charge in [0.1, 0.15) is 5.75 Å². The summed E-state index contributed by atoms with van der Waals surface area (Å²) >= 11 is 0. The molecule has 0 amide bonds. The number of guanidine groups is 1. The van der Waals surface area contributed by atoms with E-state index in [9.17, 15) is 0 Å². The molecule has 1 unspecified atom stereocenters. The molecule has 102 valence electrons. The first-order chi connectivity index (χ1) is 8.06. The Morgan fingerprint density at radius 1 is 1.33 bits per heavy atom. The van der Waals surface area contributed by atoms with Gasteiger partial charge in [-0.3, -0.25) is 4.99 Å². The first kappa shape index (κ1) is 17.0. The number of likely N-dealkylation sites (N-methyl/N-ethyl adjacent to an activating group) is 1. The first-order valence-corrected chi connectivity index (χ1v) is 5.41. The van der Waals surface area contributed by atoms with Gasteiger partial charge in [0.05, 0.1) is 19.7 Å². The molecule has 0 aliphatic heterocycles. The first-order valence-electron chi connectivity index (χ1n) is 5.41. The summed E-state index contributed by atoms with van der Waals surface area (Å²) in [5, 5.41) is 0. The highest BCUT2D eigenvalue weighted by atomic mass is 127. The summed E-state index contributed by atoms with van der Waals surface area (Å²) in [4.78, 5) is 6.13. The van der Waals surface area contributed by atoms with Crippen molar-refractivity contribution in [2.45, 2.75) is 6.04 Å². The SMILES string of the molecule is COc1ccccc1C(CN=C(N)N)N(C)C.I. The number of rotatable bonds is 5. The zero-order valence-electron chi connectivity index (χ0n) is 11.0. The molecule has 0 saturated heterocycles. The van der Waals surface area contributed by atoms with Crippen LogP contribution in [0.1, 0.15) is 11.6 Å². The Balaban J connectivity index is 0.00000289. The molecule has 0 heterocycles. The fourth-order valence-corrected chi connectivity index (χ4v) is 1.67. The maximum Gasteiger partial charge on any atom is 0.185 e. The van der Waals surface area contributed by atoms with E-state index in [0.29, 0.717) is 6.54 Å². The number of nitrogens with zero attached hydrogens (tertiary/aromatic N) is 2. The summed E-state index contributed by atoms with van der Waals surface area (Å²) in [7, 11) is 5.63. The van der Waals surface area contributed by atoms with Gasteiger partial charge >= 0.3 is 0 Å². The number of ether oxygens (including phenoxy) is 1. The van der Waals surface area contributed by atoms with Crippen LogP contribution in [0, 0.1) is 0 Å². The molecule has 0 spiro atoms. The van der Waals surface area contributed by atoms with E-state index in [0.717, 1.165) is 11.3 Å². The minimum absolute atomic E-state index is 0. The number of nitrogens with two attached hydrogens (primary N) is 2. The smallest absolute Gasteiger partial charge is 0.185 e. The van der Waals surface area contributed by atoms with E-state index >= 15 is 0 Å². The second kappa shape index (κ2) is 8.15. The molecular formula is C12H21IN4O. The van der Waals surface area contributed by atoms with E-state index in [-0.39, 0.29) is 36.0 Å². The molecule has 0 aliphatic carbocycles. The predicted octanol–water partition coefficient (Wildman–Crippen LogP) is 1.19. The number of methoxy groups -OCH3 is 1. The van der Waals surface area contributed by atoms with Gasteiger partial charge in [-0.15, -0.1) is 24.0 Å². The van der Waals surface area contributed by atoms with Crippen molar-refractivity contribution in [3.05, 3.63) is 29.8 Å². The average Bonchev–Trinajstić information content (AvgIpc) is 2.29. The van der Waals surface area contributed by atoms with Gasteiger partial charge in [0.2, 0.25) is 0 Å². The van der Waals surface area contributed by atoms with Crippen molar-refractivity contribution in [1.29, 1.82) is 0 Å². The van der Waals surface area contributed by atoms with Crippen LogP contribution in [0.2, 0.25) is 0 Å². The molecule has 1 atom stereocenters. The second-order valence-electron chi connectivity index (χ2n) is 3.99. The molecular weight excluding hydrogens is 343 g/mol. The van der Waals surface area contributed by atoms with E-state index in [1.165, 1.54) is 0 Å². The van der Waals surface area contributed by atoms with Crippen LogP contribution in [0.5, 0.6) is 5.75 Å². The molecule has 18 heavy (non-hydrogen) atoms. The molecule has 1 aromatic carbocycles. The highest BCUT2D eigenvalue weighted by Gasteiger charge is 2.17. The van der Waals surface area contributed by atoms with E-state index in [4.69, 9.17) is 16.2 Å². The van der Waals surface area contributed by atoms with Crippen LogP contribution in [-0.2, 0) is 0 Å². The molecule has 0 aromatic heterocycles. The Bertz CT molecular complexity index is 391. The van der Waals surface area contributed by atoms with Crippen molar-refractivity contribution in [3.63, 3.8) is 0 Å². The van der Waals surface area contributed by atoms with Crippen LogP contribution >= 0.6 is 24.0 Å². The van der Waals surface area contributed by atoms with Crippen LogP contribution in [0.3, 0.4) is 0 Å². The summed E-state index contributed by atoms with van der Waals surface area (Å²) in [5.41, 5.74) is 11.8. The lowest BCUT2D eigenvalue weighted by Crippen LogP contribution is -2.27. The largest absolute Gasteiger partial charge is 0.496 e. The van der Waals surface area contributed by atoms with Crippen molar-refractivity contribution in [2.24, 2.45) is 16.5 Å². The Kier molecular flexibility index (Phi) is 7.69. The number of benzene rings is 1. The Morgan fingerprint density at radius 2 is 1.94 bits per heavy atom. The zero-order valence-corrected chi connectivity index (χ0v) is 13.3. The van der Waals surface area contributed by atoms with Gasteiger partial charge < -0.3 is 21.1 Å². The Hall–Kier alpha value is -1.02. The number of halogens is 1. The molecule has 1 rings (SSSR count). The van der Waals surface area contributed by atoms with Crippen LogP contribution < -0.4 is 16.2 Å². The quantitative estimate of drug-likeness (QED) is 0.468. The van der Waals surface area contributed by atoms with Gasteiger partial charge in [0, 0.05) is 5.56 Å². The molecule has 4 N–H and O–H groups in total. The summed E-state index contributed by atoms with van der Waals surface area (Å²) in [6.45, 7) is 0.510. The van der Waals surface area contributed by atoms with Crippen LogP contribution in [0.4, 0.5) is 0 Å². The van der Waals surface area contributed by atoms with Crippen molar-refractivity contribution in [1.82, 2.24) is 4.90 Å². The lowest BCUT2D eigenvalue weighted by atomic mass is 10.0. The van der Waals surface area contributed by atoms with E-state index in [2.05, 4.69) is 9.89 Å². The molecule has 0 aliphatic rings. The zero-order chi connectivity index (χ0) is 12.8. The van der Waals surface area contributed by atoms with Crippen molar-refractivity contribution in [3.8, 4) is 5.75 Å². The fourth-order valence-electron chi connectivity index (χ4n) is 1.67. The van der Waals surface area contributed by atoms with Gasteiger partial charge in [-0.25, -0.2) is 0 Å². The molecule has 1 aromatic rings. The lowest BCUT2D eigenvalue weighted by molar-refractivity contribution is 0.295. The highest BCUT2D eigenvalue weighted by Crippen LogP contribution is 2.27. The van der Waals surface area contributed by atoms with Crippen molar-refractivity contribution < 1.29 is 4.74 Å². The topological polar surface area (TPSA) is 76.9 Å². The molecule has 0 radical (unpaired) electrons. The number of aliphatic imine (C=N–C) groups is 1. The number of para-hydroxylation sites is 1. The monoisotopic (exact) mass is 364 g/mol. The van der Waals surface area contributed by atoms with Crippen molar-refractivity contribution >= 4 is 29.9 Å². The molecule has 0 bridgehead atoms. The van der Waals surface area contributed by atoms with E-state index in [1.807, 2.05) is 38.4 Å². The average molecular weight is 364 g/mol. The molecule has 6 heteroatoms. The third-order valence-electron chi connectivity index (χ3n) is 2.57. The maximum atomic E-state index is 5.37. The number of hydrogen-bond donors (Lipinski definition) is 2. The van der Waals surface area contributed by atoms with Crippen molar-refractivity contribution in [2.75, 3.05) is 27.7 Å². The minimum atomic E-state index is 0. The third-order valence-corrected chi connectivity index (χ3v) is 2.57. The minimum Gasteiger partial charge on any atom is -0.496 e. The maximum absolute atomic E-state index is 5.37. The molecule has 5 nitrogen and oxygen atoms in total. The Morgan fingerprint density at radius 3 is 2.44 bits per heavy atom. The van der Waals surface area contributed by atoms with Gasteiger partial charge in [0.25, 0.3) is 0 Å². The third kappa shape index (κ3) is 4.69. The van der Waals surface area contributed by atoms with Crippen LogP contribution in [-0.4, -0.2) is 38.6 Å². The lowest BCUT2D eigenvalue weighted by Gasteiger charge is -2.24. The number of hydrogen-bond acceptors (Lipinski definition) is 3. The fraction of sp³-hybridized carbons (Fsp3) is 0.417. The predicted molar refractivity (Wildman–Crippen MR) is 85.5 cm³/mol. The molecule has 0 saturated carbocycles. The highest BCUT2D eigenvalue weighted by molar-refractivity contribution is 14.0. The van der Waals surface area contributed by atoms with E-state index < -0.39 is 0 Å². The summed E-state index contributed by atoms with van der Waals surface area (Å²) in [6, 6.07) is 7.96. The van der Waals surface area contributed by atoms with Crippen LogP contribution in [0.15, 0.2) is 29.3 Å². The second-order valence-corrected chi connectivity index (χ2v) is 3.99. The molecule has 0 fully saturated rings. The van der Waals surface area contributed by atoms with Gasteiger partial charge in [-0.05, 0) is 20.2 Å². The van der Waals surface area contributed by atoms with Crippen LogP contribution in [0.25, 0.3) is 0 Å². The van der Waals surface area contributed by atoms with E-state index in [1.54, 1.807) is 7.11 Å². The van der Waals surface area contributed by atoms with Gasteiger partial charge in [0.15, 0.2) is 5.96 Å². The summed E-state index contributed by atoms with van der Waals surface area (Å²) in [5.74, 6) is 0.948. The van der Waals surface area contributed by atoms with Gasteiger partial charge in [-0.2, -0.15) is 0 Å². The normalized spacial score (nSPS) is 11.6. The summed E-state index contributed by atoms with van der Waals surface area (Å²) in [6.07, 6.45) is 0.